The van der Waals surface area contributed by atoms with Gasteiger partial charge >= 0.3 is 6.18 Å². The van der Waals surface area contributed by atoms with Crippen LogP contribution in [0.15, 0.2) is 18.3 Å². The fourth-order valence-electron chi connectivity index (χ4n) is 1.14. The molecule has 0 unspecified atom stereocenters. The Morgan fingerprint density at radius 1 is 1.47 bits per heavy atom. The van der Waals surface area contributed by atoms with E-state index in [0.29, 0.717) is 0 Å². The van der Waals surface area contributed by atoms with Gasteiger partial charge in [-0.05, 0) is 18.6 Å². The highest BCUT2D eigenvalue weighted by Crippen LogP contribution is 2.20. The molecule has 3 nitrogen and oxygen atoms in total. The molecule has 0 aliphatic heterocycles. The van der Waals surface area contributed by atoms with Crippen molar-refractivity contribution in [1.82, 2.24) is 10.3 Å². The quantitative estimate of drug-likeness (QED) is 0.673. The van der Waals surface area contributed by atoms with Gasteiger partial charge in [-0.15, -0.1) is 0 Å². The Labute approximate surface area is 101 Å². The summed E-state index contributed by atoms with van der Waals surface area (Å²) in [5.74, 6) is -0.523. The molecule has 1 rings (SSSR count). The Hall–Kier alpha value is -1.30. The van der Waals surface area contributed by atoms with Crippen LogP contribution in [0.1, 0.15) is 23.2 Å². The van der Waals surface area contributed by atoms with Crippen molar-refractivity contribution >= 4 is 17.5 Å². The first-order valence-corrected chi connectivity index (χ1v) is 5.23. The maximum Gasteiger partial charge on any atom is 0.389 e. The number of nitrogens with one attached hydrogen (secondary N) is 1. The third kappa shape index (κ3) is 5.04. The van der Waals surface area contributed by atoms with Gasteiger partial charge in [-0.1, -0.05) is 11.6 Å². The minimum absolute atomic E-state index is 0.0285. The molecule has 0 atom stereocenters. The summed E-state index contributed by atoms with van der Waals surface area (Å²) in [5.41, 5.74) is 0.154. The summed E-state index contributed by atoms with van der Waals surface area (Å²) in [6, 6.07) is 2.98. The van der Waals surface area contributed by atoms with Crippen molar-refractivity contribution in [3.8, 4) is 0 Å². The number of carbonyl (C=O) groups is 1. The molecule has 1 amide bonds. The molecule has 1 aromatic heterocycles. The Balaban J connectivity index is 2.39. The number of alkyl halides is 3. The highest BCUT2D eigenvalue weighted by atomic mass is 35.5. The van der Waals surface area contributed by atoms with Gasteiger partial charge in [-0.3, -0.25) is 4.79 Å². The normalized spacial score (nSPS) is 11.3. The SMILES string of the molecule is O=C(NCCCC(F)(F)F)c1cccnc1Cl. The van der Waals surface area contributed by atoms with Crippen LogP contribution < -0.4 is 5.32 Å². The number of rotatable bonds is 4. The van der Waals surface area contributed by atoms with Gasteiger partial charge in [0.2, 0.25) is 0 Å². The van der Waals surface area contributed by atoms with E-state index >= 15 is 0 Å². The monoisotopic (exact) mass is 266 g/mol. The summed E-state index contributed by atoms with van der Waals surface area (Å²) in [6.45, 7) is -0.0520. The first kappa shape index (κ1) is 13.8. The van der Waals surface area contributed by atoms with E-state index < -0.39 is 18.5 Å². The van der Waals surface area contributed by atoms with E-state index in [-0.39, 0.29) is 23.7 Å². The minimum Gasteiger partial charge on any atom is -0.352 e. The van der Waals surface area contributed by atoms with Gasteiger partial charge in [0, 0.05) is 19.2 Å². The summed E-state index contributed by atoms with van der Waals surface area (Å²) in [6.07, 6.45) is -3.86. The second-order valence-electron chi connectivity index (χ2n) is 3.32. The van der Waals surface area contributed by atoms with Crippen molar-refractivity contribution in [3.05, 3.63) is 29.0 Å². The molecule has 0 fully saturated rings. The highest BCUT2D eigenvalue weighted by Gasteiger charge is 2.26. The fourth-order valence-corrected chi connectivity index (χ4v) is 1.35. The van der Waals surface area contributed by atoms with Crippen LogP contribution in [0.2, 0.25) is 5.15 Å². The van der Waals surface area contributed by atoms with E-state index in [9.17, 15) is 18.0 Å². The molecule has 0 radical (unpaired) electrons. The van der Waals surface area contributed by atoms with E-state index in [1.54, 1.807) is 0 Å². The zero-order valence-corrected chi connectivity index (χ0v) is 9.48. The third-order valence-corrected chi connectivity index (χ3v) is 2.23. The molecule has 0 bridgehead atoms. The molecular weight excluding hydrogens is 257 g/mol. The zero-order chi connectivity index (χ0) is 12.9. The van der Waals surface area contributed by atoms with Crippen LogP contribution in [0.25, 0.3) is 0 Å². The van der Waals surface area contributed by atoms with Gasteiger partial charge in [-0.2, -0.15) is 13.2 Å². The van der Waals surface area contributed by atoms with Crippen molar-refractivity contribution in [1.29, 1.82) is 0 Å². The predicted octanol–water partition coefficient (Wildman–Crippen LogP) is 2.81. The molecule has 0 spiro atoms. The molecule has 1 N–H and O–H groups in total. The second-order valence-corrected chi connectivity index (χ2v) is 3.67. The summed E-state index contributed by atoms with van der Waals surface area (Å²) in [7, 11) is 0. The van der Waals surface area contributed by atoms with Gasteiger partial charge in [0.1, 0.15) is 5.15 Å². The number of carbonyl (C=O) groups excluding carboxylic acids is 1. The lowest BCUT2D eigenvalue weighted by atomic mass is 10.2. The van der Waals surface area contributed by atoms with Crippen molar-refractivity contribution in [3.63, 3.8) is 0 Å². The number of amides is 1. The summed E-state index contributed by atoms with van der Waals surface area (Å²) >= 11 is 5.65. The molecule has 94 valence electrons. The molecule has 0 aliphatic rings. The maximum absolute atomic E-state index is 11.8. The number of nitrogens with zero attached hydrogens (tertiary/aromatic N) is 1. The van der Waals surface area contributed by atoms with E-state index in [1.807, 2.05) is 0 Å². The fraction of sp³-hybridized carbons (Fsp3) is 0.400. The van der Waals surface area contributed by atoms with E-state index in [2.05, 4.69) is 10.3 Å². The molecule has 0 aliphatic carbocycles. The Bertz CT molecular complexity index is 395. The molecule has 1 heterocycles. The van der Waals surface area contributed by atoms with Gasteiger partial charge in [-0.25, -0.2) is 4.98 Å². The predicted molar refractivity (Wildman–Crippen MR) is 56.9 cm³/mol. The van der Waals surface area contributed by atoms with Crippen LogP contribution in [-0.2, 0) is 0 Å². The van der Waals surface area contributed by atoms with Gasteiger partial charge < -0.3 is 5.32 Å². The van der Waals surface area contributed by atoms with E-state index in [4.69, 9.17) is 11.6 Å². The van der Waals surface area contributed by atoms with Crippen molar-refractivity contribution in [2.75, 3.05) is 6.54 Å². The zero-order valence-electron chi connectivity index (χ0n) is 8.72. The standard InChI is InChI=1S/C10H10ClF3N2O/c11-8-7(3-1-5-15-8)9(17)16-6-2-4-10(12,13)14/h1,3,5H,2,4,6H2,(H,16,17). The van der Waals surface area contributed by atoms with Crippen LogP contribution in [0.3, 0.4) is 0 Å². The van der Waals surface area contributed by atoms with Gasteiger partial charge in [0.15, 0.2) is 0 Å². The van der Waals surface area contributed by atoms with Gasteiger partial charge in [0.25, 0.3) is 5.91 Å². The minimum atomic E-state index is -4.20. The average molecular weight is 267 g/mol. The largest absolute Gasteiger partial charge is 0.389 e. The lowest BCUT2D eigenvalue weighted by Crippen LogP contribution is -2.26. The smallest absolute Gasteiger partial charge is 0.352 e. The van der Waals surface area contributed by atoms with Crippen LogP contribution >= 0.6 is 11.6 Å². The van der Waals surface area contributed by atoms with Crippen LogP contribution in [0.4, 0.5) is 13.2 Å². The Morgan fingerprint density at radius 3 is 2.76 bits per heavy atom. The van der Waals surface area contributed by atoms with Gasteiger partial charge in [0.05, 0.1) is 5.56 Å². The lowest BCUT2D eigenvalue weighted by Gasteiger charge is -2.07. The molecule has 0 saturated carbocycles. The van der Waals surface area contributed by atoms with E-state index in [1.165, 1.54) is 18.3 Å². The molecular formula is C10H10ClF3N2O. The first-order chi connectivity index (χ1) is 7.90. The summed E-state index contributed by atoms with van der Waals surface area (Å²) < 4.78 is 35.5. The topological polar surface area (TPSA) is 42.0 Å². The Morgan fingerprint density at radius 2 is 2.18 bits per heavy atom. The van der Waals surface area contributed by atoms with Crippen LogP contribution in [0.5, 0.6) is 0 Å². The molecule has 17 heavy (non-hydrogen) atoms. The number of hydrogen-bond acceptors (Lipinski definition) is 2. The van der Waals surface area contributed by atoms with Crippen LogP contribution in [-0.4, -0.2) is 23.6 Å². The number of hydrogen-bond donors (Lipinski definition) is 1. The molecule has 1 aromatic rings. The maximum atomic E-state index is 11.8. The third-order valence-electron chi connectivity index (χ3n) is 1.93. The number of halogens is 4. The summed E-state index contributed by atoms with van der Waals surface area (Å²) in [5, 5.41) is 2.38. The van der Waals surface area contributed by atoms with E-state index in [0.717, 1.165) is 0 Å². The van der Waals surface area contributed by atoms with Crippen molar-refractivity contribution < 1.29 is 18.0 Å². The molecule has 0 aromatic carbocycles. The number of pyridine rings is 1. The summed E-state index contributed by atoms with van der Waals surface area (Å²) in [4.78, 5) is 15.2. The van der Waals surface area contributed by atoms with Crippen molar-refractivity contribution in [2.24, 2.45) is 0 Å². The van der Waals surface area contributed by atoms with Crippen LogP contribution in [0, 0.1) is 0 Å². The number of aromatic nitrogens is 1. The van der Waals surface area contributed by atoms with Crippen molar-refractivity contribution in [2.45, 2.75) is 19.0 Å². The Kier molecular flexibility index (Phi) is 4.74. The molecule has 0 saturated heterocycles. The average Bonchev–Trinajstić information content (AvgIpc) is 2.23. The highest BCUT2D eigenvalue weighted by molar-refractivity contribution is 6.32. The lowest BCUT2D eigenvalue weighted by molar-refractivity contribution is -0.135. The molecule has 7 heteroatoms. The first-order valence-electron chi connectivity index (χ1n) is 4.85. The second kappa shape index (κ2) is 5.86.